The minimum Gasteiger partial charge on any atom is -0.411 e. The van der Waals surface area contributed by atoms with E-state index in [0.29, 0.717) is 5.69 Å². The third kappa shape index (κ3) is 4.10. The lowest BCUT2D eigenvalue weighted by molar-refractivity contribution is -0.110. The van der Waals surface area contributed by atoms with Gasteiger partial charge in [-0.25, -0.2) is 0 Å². The zero-order valence-corrected chi connectivity index (χ0v) is 9.34. The van der Waals surface area contributed by atoms with Gasteiger partial charge in [0.25, 0.3) is 5.91 Å². The average Bonchev–Trinajstić information content (AvgIpc) is 2.20. The topological polar surface area (TPSA) is 64.9 Å². The van der Waals surface area contributed by atoms with Crippen LogP contribution < -0.4 is 5.32 Å². The van der Waals surface area contributed by atoms with E-state index in [1.165, 1.54) is 5.56 Å². The molecule has 0 radical (unpaired) electrons. The molecule has 0 aliphatic heterocycles. The second-order valence-electron chi connectivity index (χ2n) is 3.67. The van der Waals surface area contributed by atoms with Gasteiger partial charge in [-0.05, 0) is 31.8 Å². The zero-order chi connectivity index (χ0) is 12.0. The van der Waals surface area contributed by atoms with Gasteiger partial charge >= 0.3 is 0 Å². The van der Waals surface area contributed by atoms with Crippen molar-refractivity contribution in [3.05, 3.63) is 29.8 Å². The molecule has 0 fully saturated rings. The maximum absolute atomic E-state index is 11.0. The van der Waals surface area contributed by atoms with Crippen LogP contribution in [0.1, 0.15) is 5.56 Å². The number of nitrogens with zero attached hydrogens (tertiary/aromatic N) is 2. The molecule has 5 heteroatoms. The molecule has 2 N–H and O–H groups in total. The van der Waals surface area contributed by atoms with E-state index in [1.807, 2.05) is 38.4 Å². The van der Waals surface area contributed by atoms with E-state index in [1.54, 1.807) is 0 Å². The maximum atomic E-state index is 11.0. The van der Waals surface area contributed by atoms with Crippen LogP contribution >= 0.6 is 0 Å². The molecule has 16 heavy (non-hydrogen) atoms. The molecule has 0 bridgehead atoms. The summed E-state index contributed by atoms with van der Waals surface area (Å²) in [6, 6.07) is 7.49. The van der Waals surface area contributed by atoms with E-state index in [9.17, 15) is 4.79 Å². The van der Waals surface area contributed by atoms with Crippen molar-refractivity contribution in [3.8, 4) is 0 Å². The van der Waals surface area contributed by atoms with Gasteiger partial charge in [-0.2, -0.15) is 0 Å². The third-order valence-electron chi connectivity index (χ3n) is 1.90. The first kappa shape index (κ1) is 12.2. The smallest absolute Gasteiger partial charge is 0.270 e. The zero-order valence-electron chi connectivity index (χ0n) is 9.34. The molecule has 1 aromatic carbocycles. The number of hydrogen-bond acceptors (Lipinski definition) is 4. The molecular weight excluding hydrogens is 206 g/mol. The molecule has 0 aliphatic carbocycles. The Labute approximate surface area is 94.4 Å². The lowest BCUT2D eigenvalue weighted by Gasteiger charge is -2.10. The molecule has 86 valence electrons. The predicted molar refractivity (Wildman–Crippen MR) is 62.7 cm³/mol. The summed E-state index contributed by atoms with van der Waals surface area (Å²) in [7, 11) is 3.99. The van der Waals surface area contributed by atoms with Gasteiger partial charge in [-0.1, -0.05) is 17.3 Å². The van der Waals surface area contributed by atoms with Crippen molar-refractivity contribution < 1.29 is 10.0 Å². The van der Waals surface area contributed by atoms with E-state index in [2.05, 4.69) is 15.4 Å². The Morgan fingerprint density at radius 2 is 2.06 bits per heavy atom. The second-order valence-corrected chi connectivity index (χ2v) is 3.67. The fourth-order valence-corrected chi connectivity index (χ4v) is 1.29. The Bertz CT molecular complexity index is 371. The molecule has 0 saturated heterocycles. The third-order valence-corrected chi connectivity index (χ3v) is 1.90. The Kier molecular flexibility index (Phi) is 4.47. The molecule has 1 aromatic rings. The van der Waals surface area contributed by atoms with Crippen molar-refractivity contribution in [2.75, 3.05) is 19.4 Å². The summed E-state index contributed by atoms with van der Waals surface area (Å²) in [5.41, 5.74) is 1.84. The average molecular weight is 221 g/mol. The predicted octanol–water partition coefficient (Wildman–Crippen LogP) is 1.15. The van der Waals surface area contributed by atoms with Gasteiger partial charge < -0.3 is 15.4 Å². The molecule has 0 aromatic heterocycles. The molecule has 0 spiro atoms. The highest BCUT2D eigenvalue weighted by Gasteiger charge is 1.99. The van der Waals surface area contributed by atoms with Gasteiger partial charge in [0.05, 0.1) is 0 Å². The Morgan fingerprint density at radius 1 is 1.44 bits per heavy atom. The summed E-state index contributed by atoms with van der Waals surface area (Å²) in [5.74, 6) is -0.456. The van der Waals surface area contributed by atoms with Gasteiger partial charge in [0.15, 0.2) is 0 Å². The minimum absolute atomic E-state index is 0.456. The van der Waals surface area contributed by atoms with Crippen LogP contribution in [-0.4, -0.2) is 36.3 Å². The number of oxime groups is 1. The number of anilines is 1. The molecule has 0 saturated carbocycles. The van der Waals surface area contributed by atoms with Crippen LogP contribution in [0.2, 0.25) is 0 Å². The summed E-state index contributed by atoms with van der Waals surface area (Å²) in [5, 5.41) is 13.4. The first-order valence-corrected chi connectivity index (χ1v) is 4.84. The van der Waals surface area contributed by atoms with E-state index in [0.717, 1.165) is 12.8 Å². The number of carbonyl (C=O) groups is 1. The number of benzene rings is 1. The summed E-state index contributed by atoms with van der Waals surface area (Å²) in [4.78, 5) is 13.1. The molecule has 1 rings (SSSR count). The van der Waals surface area contributed by atoms with Crippen molar-refractivity contribution in [3.63, 3.8) is 0 Å². The van der Waals surface area contributed by atoms with Gasteiger partial charge in [-0.15, -0.1) is 0 Å². The SMILES string of the molecule is CN(C)Cc1ccc(NC(=O)C=NO)cc1. The van der Waals surface area contributed by atoms with Crippen LogP contribution in [0.3, 0.4) is 0 Å². The van der Waals surface area contributed by atoms with Gasteiger partial charge in [0.2, 0.25) is 0 Å². The van der Waals surface area contributed by atoms with Crippen molar-refractivity contribution >= 4 is 17.8 Å². The Balaban J connectivity index is 2.61. The highest BCUT2D eigenvalue weighted by Crippen LogP contribution is 2.10. The number of nitrogens with one attached hydrogen (secondary N) is 1. The van der Waals surface area contributed by atoms with Gasteiger partial charge in [0, 0.05) is 12.2 Å². The van der Waals surface area contributed by atoms with Crippen LogP contribution in [-0.2, 0) is 11.3 Å². The minimum atomic E-state index is -0.456. The summed E-state index contributed by atoms with van der Waals surface area (Å²) < 4.78 is 0. The van der Waals surface area contributed by atoms with Crippen LogP contribution in [0, 0.1) is 0 Å². The quantitative estimate of drug-likeness (QED) is 0.455. The normalized spacial score (nSPS) is 10.9. The largest absolute Gasteiger partial charge is 0.411 e. The fourth-order valence-electron chi connectivity index (χ4n) is 1.29. The Morgan fingerprint density at radius 3 is 2.56 bits per heavy atom. The first-order chi connectivity index (χ1) is 7.61. The van der Waals surface area contributed by atoms with Crippen molar-refractivity contribution in [2.24, 2.45) is 5.16 Å². The highest BCUT2D eigenvalue weighted by atomic mass is 16.4. The lowest BCUT2D eigenvalue weighted by atomic mass is 10.2. The fraction of sp³-hybridized carbons (Fsp3) is 0.273. The van der Waals surface area contributed by atoms with Gasteiger partial charge in [-0.3, -0.25) is 4.79 Å². The van der Waals surface area contributed by atoms with Crippen molar-refractivity contribution in [1.29, 1.82) is 0 Å². The number of carbonyl (C=O) groups excluding carboxylic acids is 1. The maximum Gasteiger partial charge on any atom is 0.270 e. The Hall–Kier alpha value is -1.88. The number of rotatable bonds is 4. The number of hydrogen-bond donors (Lipinski definition) is 2. The van der Waals surface area contributed by atoms with Crippen LogP contribution in [0.15, 0.2) is 29.4 Å². The summed E-state index contributed by atoms with van der Waals surface area (Å²) >= 11 is 0. The number of amides is 1. The van der Waals surface area contributed by atoms with Crippen molar-refractivity contribution in [2.45, 2.75) is 6.54 Å². The first-order valence-electron chi connectivity index (χ1n) is 4.84. The van der Waals surface area contributed by atoms with Crippen LogP contribution in [0.25, 0.3) is 0 Å². The second kappa shape index (κ2) is 5.87. The van der Waals surface area contributed by atoms with E-state index in [4.69, 9.17) is 5.21 Å². The molecule has 5 nitrogen and oxygen atoms in total. The van der Waals surface area contributed by atoms with E-state index < -0.39 is 5.91 Å². The standard InChI is InChI=1S/C11H15N3O2/c1-14(2)8-9-3-5-10(6-4-9)13-11(15)7-12-16/h3-7,16H,8H2,1-2H3,(H,13,15). The van der Waals surface area contributed by atoms with Gasteiger partial charge in [0.1, 0.15) is 6.21 Å². The molecular formula is C11H15N3O2. The molecule has 1 amide bonds. The van der Waals surface area contributed by atoms with E-state index >= 15 is 0 Å². The summed E-state index contributed by atoms with van der Waals surface area (Å²) in [6.45, 7) is 0.853. The monoisotopic (exact) mass is 221 g/mol. The highest BCUT2D eigenvalue weighted by molar-refractivity contribution is 6.31. The lowest BCUT2D eigenvalue weighted by Crippen LogP contribution is -2.13. The van der Waals surface area contributed by atoms with Crippen LogP contribution in [0.5, 0.6) is 0 Å². The van der Waals surface area contributed by atoms with Crippen molar-refractivity contribution in [1.82, 2.24) is 4.90 Å². The van der Waals surface area contributed by atoms with Crippen LogP contribution in [0.4, 0.5) is 5.69 Å². The van der Waals surface area contributed by atoms with E-state index in [-0.39, 0.29) is 0 Å². The molecule has 0 unspecified atom stereocenters. The molecule has 0 atom stereocenters. The summed E-state index contributed by atoms with van der Waals surface area (Å²) in [6.07, 6.45) is 0.813. The molecule has 0 heterocycles. The molecule has 0 aliphatic rings.